The zero-order valence-electron chi connectivity index (χ0n) is 16.6. The number of aromatic nitrogens is 2. The van der Waals surface area contributed by atoms with Gasteiger partial charge in [0.1, 0.15) is 0 Å². The van der Waals surface area contributed by atoms with E-state index in [1.54, 1.807) is 21.4 Å². The van der Waals surface area contributed by atoms with Crippen molar-refractivity contribution in [2.45, 2.75) is 39.3 Å². The maximum absolute atomic E-state index is 13.1. The van der Waals surface area contributed by atoms with Gasteiger partial charge in [0.2, 0.25) is 5.91 Å². The number of hydrogen-bond donors (Lipinski definition) is 1. The molecule has 0 bridgehead atoms. The Kier molecular flexibility index (Phi) is 5.71. The average molecular weight is 418 g/mol. The minimum absolute atomic E-state index is 0.0652. The first-order valence-corrected chi connectivity index (χ1v) is 11.5. The van der Waals surface area contributed by atoms with Crippen LogP contribution in [-0.2, 0) is 34.5 Å². The molecule has 2 aromatic rings. The van der Waals surface area contributed by atoms with Gasteiger partial charge < -0.3 is 5.32 Å². The van der Waals surface area contributed by atoms with E-state index in [0.29, 0.717) is 44.7 Å². The molecule has 0 saturated carbocycles. The predicted octanol–water partition coefficient (Wildman–Crippen LogP) is 1.86. The highest BCUT2D eigenvalue weighted by molar-refractivity contribution is 7.86. The molecule has 0 unspecified atom stereocenters. The number of piperidine rings is 1. The Morgan fingerprint density at radius 2 is 1.86 bits per heavy atom. The molecular formula is C20H27N5O3S. The lowest BCUT2D eigenvalue weighted by Crippen LogP contribution is -2.49. The van der Waals surface area contributed by atoms with Crippen LogP contribution in [0.4, 0.5) is 5.69 Å². The molecule has 1 fully saturated rings. The molecule has 1 aromatic heterocycles. The Morgan fingerprint density at radius 1 is 1.14 bits per heavy atom. The van der Waals surface area contributed by atoms with Gasteiger partial charge in [-0.2, -0.15) is 22.1 Å². The maximum atomic E-state index is 13.1. The summed E-state index contributed by atoms with van der Waals surface area (Å²) >= 11 is 0. The lowest BCUT2D eigenvalue weighted by Gasteiger charge is -2.36. The van der Waals surface area contributed by atoms with Gasteiger partial charge in [-0.05, 0) is 37.3 Å². The number of aryl methyl sites for hydroxylation is 1. The van der Waals surface area contributed by atoms with Crippen LogP contribution in [0.25, 0.3) is 0 Å². The van der Waals surface area contributed by atoms with E-state index in [2.05, 4.69) is 16.5 Å². The normalized spacial score (nSPS) is 19.1. The number of hydrogen-bond acceptors (Lipinski definition) is 4. The van der Waals surface area contributed by atoms with Crippen LogP contribution in [0.5, 0.6) is 0 Å². The van der Waals surface area contributed by atoms with Crippen LogP contribution in [0, 0.1) is 5.92 Å². The van der Waals surface area contributed by atoms with Gasteiger partial charge in [-0.25, -0.2) is 0 Å². The van der Waals surface area contributed by atoms with Crippen LogP contribution in [-0.4, -0.2) is 52.4 Å². The zero-order chi connectivity index (χ0) is 20.4. The molecule has 2 aliphatic rings. The predicted molar refractivity (Wildman–Crippen MR) is 110 cm³/mol. The van der Waals surface area contributed by atoms with Crippen molar-refractivity contribution in [1.82, 2.24) is 18.4 Å². The second-order valence-electron chi connectivity index (χ2n) is 7.61. The highest BCUT2D eigenvalue weighted by Crippen LogP contribution is 2.26. The third-order valence-corrected chi connectivity index (χ3v) is 7.78. The van der Waals surface area contributed by atoms with Crippen LogP contribution in [0.15, 0.2) is 36.7 Å². The van der Waals surface area contributed by atoms with E-state index in [1.165, 1.54) is 9.87 Å². The third-order valence-electron chi connectivity index (χ3n) is 5.80. The van der Waals surface area contributed by atoms with E-state index in [-0.39, 0.29) is 11.8 Å². The van der Waals surface area contributed by atoms with Crippen LogP contribution < -0.4 is 5.32 Å². The van der Waals surface area contributed by atoms with Gasteiger partial charge in [0.05, 0.1) is 11.9 Å². The molecule has 3 heterocycles. The minimum atomic E-state index is -3.51. The van der Waals surface area contributed by atoms with Crippen LogP contribution >= 0.6 is 0 Å². The monoisotopic (exact) mass is 417 g/mol. The lowest BCUT2D eigenvalue weighted by molar-refractivity contribution is -0.120. The van der Waals surface area contributed by atoms with Gasteiger partial charge in [-0.3, -0.25) is 9.48 Å². The second kappa shape index (κ2) is 8.25. The second-order valence-corrected chi connectivity index (χ2v) is 9.54. The number of fused-ring (bicyclic) bond motifs is 1. The quantitative estimate of drug-likeness (QED) is 0.804. The highest BCUT2D eigenvalue weighted by Gasteiger charge is 2.36. The van der Waals surface area contributed by atoms with Crippen LogP contribution in [0.2, 0.25) is 0 Å². The Bertz CT molecular complexity index is 980. The van der Waals surface area contributed by atoms with Crippen molar-refractivity contribution < 1.29 is 13.2 Å². The zero-order valence-corrected chi connectivity index (χ0v) is 17.4. The van der Waals surface area contributed by atoms with Crippen molar-refractivity contribution >= 4 is 21.8 Å². The van der Waals surface area contributed by atoms with Crippen molar-refractivity contribution in [1.29, 1.82) is 0 Å². The number of carbonyl (C=O) groups excluding carboxylic acids is 1. The first-order valence-electron chi connectivity index (χ1n) is 10.1. The summed E-state index contributed by atoms with van der Waals surface area (Å²) in [5, 5.41) is 7.05. The summed E-state index contributed by atoms with van der Waals surface area (Å²) in [6, 6.07) is 8.00. The van der Waals surface area contributed by atoms with Gasteiger partial charge in [-0.15, -0.1) is 0 Å². The van der Waals surface area contributed by atoms with Crippen LogP contribution in [0.3, 0.4) is 0 Å². The first-order chi connectivity index (χ1) is 14.0. The number of rotatable bonds is 5. The molecule has 1 aromatic carbocycles. The van der Waals surface area contributed by atoms with E-state index >= 15 is 0 Å². The molecule has 0 spiro atoms. The van der Waals surface area contributed by atoms with E-state index in [0.717, 1.165) is 18.5 Å². The molecule has 8 nitrogen and oxygen atoms in total. The molecule has 2 aliphatic heterocycles. The lowest BCUT2D eigenvalue weighted by atomic mass is 9.97. The number of amides is 1. The van der Waals surface area contributed by atoms with Gasteiger partial charge in [0.25, 0.3) is 10.2 Å². The molecule has 0 radical (unpaired) electrons. The van der Waals surface area contributed by atoms with E-state index in [1.807, 2.05) is 25.1 Å². The van der Waals surface area contributed by atoms with Crippen molar-refractivity contribution in [2.24, 2.45) is 5.92 Å². The summed E-state index contributed by atoms with van der Waals surface area (Å²) in [6.07, 6.45) is 5.22. The molecular weight excluding hydrogens is 390 g/mol. The Hall–Kier alpha value is -2.23. The molecule has 9 heteroatoms. The Morgan fingerprint density at radius 3 is 2.55 bits per heavy atom. The number of anilines is 1. The fourth-order valence-corrected chi connectivity index (χ4v) is 5.65. The number of nitrogens with zero attached hydrogens (tertiary/aromatic N) is 4. The molecule has 0 aliphatic carbocycles. The summed E-state index contributed by atoms with van der Waals surface area (Å²) in [4.78, 5) is 12.5. The van der Waals surface area contributed by atoms with E-state index in [9.17, 15) is 13.2 Å². The topological polar surface area (TPSA) is 87.5 Å². The van der Waals surface area contributed by atoms with Crippen LogP contribution in [0.1, 0.15) is 30.9 Å². The summed E-state index contributed by atoms with van der Waals surface area (Å²) in [5.74, 6) is -0.252. The van der Waals surface area contributed by atoms with Gasteiger partial charge in [0.15, 0.2) is 0 Å². The molecule has 1 N–H and O–H groups in total. The fourth-order valence-electron chi connectivity index (χ4n) is 4.02. The summed E-state index contributed by atoms with van der Waals surface area (Å²) in [6.45, 7) is 4.38. The number of benzene rings is 1. The standard InChI is InChI=1S/C20H27N5O3S/c1-2-23-15-19(13-21-23)22-20(26)17-8-10-24(11-9-17)29(27,28)25-12-7-16-5-3-4-6-18(16)14-25/h3-6,13,15,17H,2,7-12,14H2,1H3,(H,22,26). The molecule has 156 valence electrons. The molecule has 4 rings (SSSR count). The van der Waals surface area contributed by atoms with E-state index < -0.39 is 10.2 Å². The molecule has 1 amide bonds. The van der Waals surface area contributed by atoms with Gasteiger partial charge in [-0.1, -0.05) is 24.3 Å². The van der Waals surface area contributed by atoms with Crippen molar-refractivity contribution in [3.8, 4) is 0 Å². The minimum Gasteiger partial charge on any atom is -0.323 e. The summed E-state index contributed by atoms with van der Waals surface area (Å²) < 4.78 is 31.0. The van der Waals surface area contributed by atoms with Gasteiger partial charge >= 0.3 is 0 Å². The number of nitrogens with one attached hydrogen (secondary N) is 1. The summed E-state index contributed by atoms with van der Waals surface area (Å²) in [7, 11) is -3.51. The molecule has 1 saturated heterocycles. The van der Waals surface area contributed by atoms with E-state index in [4.69, 9.17) is 0 Å². The maximum Gasteiger partial charge on any atom is 0.282 e. The fraction of sp³-hybridized carbons (Fsp3) is 0.500. The van der Waals surface area contributed by atoms with Crippen molar-refractivity contribution in [2.75, 3.05) is 25.0 Å². The Balaban J connectivity index is 1.34. The molecule has 29 heavy (non-hydrogen) atoms. The van der Waals surface area contributed by atoms with Crippen molar-refractivity contribution in [3.05, 3.63) is 47.8 Å². The average Bonchev–Trinajstić information content (AvgIpc) is 3.21. The highest BCUT2D eigenvalue weighted by atomic mass is 32.2. The summed E-state index contributed by atoms with van der Waals surface area (Å²) in [5.41, 5.74) is 2.98. The molecule has 0 atom stereocenters. The Labute approximate surface area is 171 Å². The number of carbonyl (C=O) groups is 1. The van der Waals surface area contributed by atoms with Crippen molar-refractivity contribution in [3.63, 3.8) is 0 Å². The smallest absolute Gasteiger partial charge is 0.282 e. The van der Waals surface area contributed by atoms with Gasteiger partial charge in [0, 0.05) is 44.8 Å². The first kappa shape index (κ1) is 20.1. The third kappa shape index (κ3) is 4.22. The SMILES string of the molecule is CCn1cc(NC(=O)C2CCN(S(=O)(=O)N3CCc4ccccc4C3)CC2)cn1. The largest absolute Gasteiger partial charge is 0.323 e.